The van der Waals surface area contributed by atoms with Gasteiger partial charge in [0.05, 0.1) is 0 Å². The number of hydrogen-bond donors (Lipinski definition) is 1. The van der Waals surface area contributed by atoms with E-state index in [1.54, 1.807) is 18.3 Å². The summed E-state index contributed by atoms with van der Waals surface area (Å²) < 4.78 is 0. The Hall–Kier alpha value is -2.62. The van der Waals surface area contributed by atoms with Crippen molar-refractivity contribution in [3.63, 3.8) is 0 Å². The zero-order chi connectivity index (χ0) is 15.2. The fraction of sp³-hybridized carbons (Fsp3) is 0.176. The molecule has 0 saturated heterocycles. The summed E-state index contributed by atoms with van der Waals surface area (Å²) in [6.45, 7) is 4.84. The first-order chi connectivity index (χ1) is 10.1. The predicted octanol–water partition coefficient (Wildman–Crippen LogP) is 3.65. The Morgan fingerprint density at radius 2 is 2.05 bits per heavy atom. The van der Waals surface area contributed by atoms with Crippen LogP contribution < -0.4 is 4.90 Å². The first-order valence-electron chi connectivity index (χ1n) is 6.82. The normalized spacial score (nSPS) is 10.8. The zero-order valence-electron chi connectivity index (χ0n) is 12.2. The van der Waals surface area contributed by atoms with Gasteiger partial charge in [0.1, 0.15) is 5.82 Å². The summed E-state index contributed by atoms with van der Waals surface area (Å²) >= 11 is 0. The maximum Gasteiger partial charge on any atom is 0.328 e. The highest BCUT2D eigenvalue weighted by molar-refractivity contribution is 5.87. The van der Waals surface area contributed by atoms with E-state index in [4.69, 9.17) is 5.11 Å². The number of aromatic nitrogens is 1. The largest absolute Gasteiger partial charge is 0.478 e. The number of pyridine rings is 1. The van der Waals surface area contributed by atoms with E-state index >= 15 is 0 Å². The Bertz CT molecular complexity index is 665. The van der Waals surface area contributed by atoms with Gasteiger partial charge >= 0.3 is 5.97 Å². The van der Waals surface area contributed by atoms with Crippen LogP contribution in [0.3, 0.4) is 0 Å². The molecule has 0 fully saturated rings. The monoisotopic (exact) mass is 282 g/mol. The molecule has 0 aliphatic carbocycles. The van der Waals surface area contributed by atoms with E-state index in [1.807, 2.05) is 44.2 Å². The molecule has 0 amide bonds. The molecule has 2 rings (SSSR count). The molecule has 1 aromatic heterocycles. The lowest BCUT2D eigenvalue weighted by Gasteiger charge is -2.25. The van der Waals surface area contributed by atoms with Crippen LogP contribution in [0.5, 0.6) is 0 Å². The van der Waals surface area contributed by atoms with Gasteiger partial charge in [-0.1, -0.05) is 18.2 Å². The van der Waals surface area contributed by atoms with E-state index in [0.29, 0.717) is 0 Å². The lowest BCUT2D eigenvalue weighted by atomic mass is 10.1. The van der Waals surface area contributed by atoms with Gasteiger partial charge in [-0.2, -0.15) is 0 Å². The molecule has 2 aromatic rings. The zero-order valence-corrected chi connectivity index (χ0v) is 12.2. The first kappa shape index (κ1) is 14.8. The van der Waals surface area contributed by atoms with Crippen LogP contribution in [0.1, 0.15) is 18.1 Å². The topological polar surface area (TPSA) is 53.4 Å². The molecule has 0 aliphatic rings. The van der Waals surface area contributed by atoms with Crippen LogP contribution >= 0.6 is 0 Å². The van der Waals surface area contributed by atoms with Crippen molar-refractivity contribution in [2.75, 3.05) is 11.4 Å². The minimum Gasteiger partial charge on any atom is -0.478 e. The first-order valence-corrected chi connectivity index (χ1v) is 6.82. The molecule has 108 valence electrons. The van der Waals surface area contributed by atoms with Crippen molar-refractivity contribution >= 4 is 23.6 Å². The lowest BCUT2D eigenvalue weighted by molar-refractivity contribution is -0.131. The van der Waals surface area contributed by atoms with E-state index in [2.05, 4.69) is 9.88 Å². The fourth-order valence-electron chi connectivity index (χ4n) is 2.23. The van der Waals surface area contributed by atoms with E-state index in [9.17, 15) is 4.79 Å². The summed E-state index contributed by atoms with van der Waals surface area (Å²) in [4.78, 5) is 17.2. The van der Waals surface area contributed by atoms with Crippen molar-refractivity contribution in [3.05, 3.63) is 59.8 Å². The lowest BCUT2D eigenvalue weighted by Crippen LogP contribution is -2.19. The minimum atomic E-state index is -0.969. The molecular weight excluding hydrogens is 264 g/mol. The molecule has 0 radical (unpaired) electrons. The van der Waals surface area contributed by atoms with E-state index in [1.165, 1.54) is 0 Å². The molecule has 0 unspecified atom stereocenters. The van der Waals surface area contributed by atoms with Gasteiger partial charge in [0, 0.05) is 30.1 Å². The van der Waals surface area contributed by atoms with Gasteiger partial charge in [0.15, 0.2) is 0 Å². The highest BCUT2D eigenvalue weighted by Crippen LogP contribution is 2.29. The second-order valence-electron chi connectivity index (χ2n) is 4.62. The van der Waals surface area contributed by atoms with Gasteiger partial charge in [0.25, 0.3) is 0 Å². The standard InChI is InChI=1S/C17H18N2O2/c1-3-19(15-9-5-4-7-13(15)2)17-14(8-6-12-18-17)10-11-16(20)21/h4-12H,3H2,1-2H3,(H,20,21)/b11-10+. The number of carbonyl (C=O) groups is 1. The molecule has 0 aliphatic heterocycles. The number of carboxylic acids is 1. The van der Waals surface area contributed by atoms with Crippen LogP contribution in [0.15, 0.2) is 48.7 Å². The summed E-state index contributed by atoms with van der Waals surface area (Å²) in [6.07, 6.45) is 4.42. The number of rotatable bonds is 5. The molecule has 0 atom stereocenters. The highest BCUT2D eigenvalue weighted by atomic mass is 16.4. The predicted molar refractivity (Wildman–Crippen MR) is 84.8 cm³/mol. The molecule has 0 spiro atoms. The smallest absolute Gasteiger partial charge is 0.328 e. The minimum absolute atomic E-state index is 0.746. The van der Waals surface area contributed by atoms with Crippen LogP contribution in [0.2, 0.25) is 0 Å². The molecule has 1 N–H and O–H groups in total. The molecule has 4 heteroatoms. The molecule has 0 saturated carbocycles. The maximum absolute atomic E-state index is 10.7. The van der Waals surface area contributed by atoms with Crippen molar-refractivity contribution in [1.29, 1.82) is 0 Å². The third-order valence-corrected chi connectivity index (χ3v) is 3.20. The Labute approximate surface area is 124 Å². The second kappa shape index (κ2) is 6.70. The van der Waals surface area contributed by atoms with Crippen LogP contribution in [0, 0.1) is 6.92 Å². The second-order valence-corrected chi connectivity index (χ2v) is 4.62. The number of aliphatic carboxylic acids is 1. The third kappa shape index (κ3) is 3.48. The average Bonchev–Trinajstić information content (AvgIpc) is 2.49. The van der Waals surface area contributed by atoms with Gasteiger partial charge in [-0.05, 0) is 43.7 Å². The van der Waals surface area contributed by atoms with Gasteiger partial charge < -0.3 is 10.0 Å². The number of benzene rings is 1. The molecule has 1 heterocycles. The maximum atomic E-state index is 10.7. The van der Waals surface area contributed by atoms with Crippen LogP contribution in [0.4, 0.5) is 11.5 Å². The molecule has 21 heavy (non-hydrogen) atoms. The quantitative estimate of drug-likeness (QED) is 0.851. The van der Waals surface area contributed by atoms with E-state index in [0.717, 1.165) is 35.3 Å². The van der Waals surface area contributed by atoms with E-state index in [-0.39, 0.29) is 0 Å². The average molecular weight is 282 g/mol. The van der Waals surface area contributed by atoms with Gasteiger partial charge in [0.2, 0.25) is 0 Å². The number of para-hydroxylation sites is 1. The Kier molecular flexibility index (Phi) is 4.72. The fourth-order valence-corrected chi connectivity index (χ4v) is 2.23. The number of aryl methyl sites for hydroxylation is 1. The van der Waals surface area contributed by atoms with E-state index < -0.39 is 5.97 Å². The van der Waals surface area contributed by atoms with Gasteiger partial charge in [-0.25, -0.2) is 9.78 Å². The Morgan fingerprint density at radius 1 is 1.29 bits per heavy atom. The number of hydrogen-bond acceptors (Lipinski definition) is 3. The highest BCUT2D eigenvalue weighted by Gasteiger charge is 2.13. The Morgan fingerprint density at radius 3 is 2.71 bits per heavy atom. The Balaban J connectivity index is 2.48. The van der Waals surface area contributed by atoms with Crippen molar-refractivity contribution in [1.82, 2.24) is 4.98 Å². The molecule has 1 aromatic carbocycles. The van der Waals surface area contributed by atoms with Crippen molar-refractivity contribution < 1.29 is 9.90 Å². The van der Waals surface area contributed by atoms with Crippen molar-refractivity contribution in [2.45, 2.75) is 13.8 Å². The van der Waals surface area contributed by atoms with Gasteiger partial charge in [-0.3, -0.25) is 0 Å². The third-order valence-electron chi connectivity index (χ3n) is 3.20. The van der Waals surface area contributed by atoms with Crippen molar-refractivity contribution in [2.24, 2.45) is 0 Å². The molecular formula is C17H18N2O2. The summed E-state index contributed by atoms with van der Waals surface area (Å²) in [5.74, 6) is -0.212. The van der Waals surface area contributed by atoms with Crippen LogP contribution in [-0.4, -0.2) is 22.6 Å². The number of carboxylic acid groups (broad SMARTS) is 1. The summed E-state index contributed by atoms with van der Waals surface area (Å²) in [6, 6.07) is 11.7. The number of nitrogens with zero attached hydrogens (tertiary/aromatic N) is 2. The van der Waals surface area contributed by atoms with Crippen LogP contribution in [-0.2, 0) is 4.79 Å². The van der Waals surface area contributed by atoms with Crippen molar-refractivity contribution in [3.8, 4) is 0 Å². The number of anilines is 2. The van der Waals surface area contributed by atoms with Gasteiger partial charge in [-0.15, -0.1) is 0 Å². The molecule has 4 nitrogen and oxygen atoms in total. The van der Waals surface area contributed by atoms with Crippen LogP contribution in [0.25, 0.3) is 6.08 Å². The molecule has 0 bridgehead atoms. The summed E-state index contributed by atoms with van der Waals surface area (Å²) in [5, 5.41) is 8.80. The summed E-state index contributed by atoms with van der Waals surface area (Å²) in [5.41, 5.74) is 3.01. The summed E-state index contributed by atoms with van der Waals surface area (Å²) in [7, 11) is 0. The SMILES string of the molecule is CCN(c1ccccc1C)c1ncccc1/C=C/C(=O)O.